The van der Waals surface area contributed by atoms with Crippen molar-refractivity contribution in [1.29, 1.82) is 5.26 Å². The molecule has 2 aromatic rings. The number of para-hydroxylation sites is 1. The number of amides is 2. The Morgan fingerprint density at radius 2 is 1.77 bits per heavy atom. The van der Waals surface area contributed by atoms with Crippen molar-refractivity contribution in [2.75, 3.05) is 24.5 Å². The molecule has 9 heteroatoms. The van der Waals surface area contributed by atoms with E-state index in [2.05, 4.69) is 10.2 Å². The molecule has 0 bridgehead atoms. The summed E-state index contributed by atoms with van der Waals surface area (Å²) in [7, 11) is 0. The first-order chi connectivity index (χ1) is 16.8. The zero-order valence-electron chi connectivity index (χ0n) is 19.4. The van der Waals surface area contributed by atoms with E-state index in [1.54, 1.807) is 18.2 Å². The second kappa shape index (κ2) is 12.4. The number of anilines is 1. The fraction of sp³-hybridized carbons (Fsp3) is 0.423. The van der Waals surface area contributed by atoms with Crippen molar-refractivity contribution in [1.82, 2.24) is 10.2 Å². The lowest BCUT2D eigenvalue weighted by atomic mass is 10.0. The quantitative estimate of drug-likeness (QED) is 0.566. The van der Waals surface area contributed by atoms with E-state index in [1.165, 1.54) is 17.0 Å². The van der Waals surface area contributed by atoms with Crippen molar-refractivity contribution in [2.24, 2.45) is 0 Å². The SMILES string of the molecule is N#CCCN(C(=O)CCC(=O)NC1CCN(Cc2cccc(C(F)(F)F)c2)CC1)c1ccccc1. The summed E-state index contributed by atoms with van der Waals surface area (Å²) in [6, 6.07) is 16.4. The van der Waals surface area contributed by atoms with Crippen molar-refractivity contribution < 1.29 is 22.8 Å². The summed E-state index contributed by atoms with van der Waals surface area (Å²) in [6.07, 6.45) is -2.68. The first kappa shape index (κ1) is 26.2. The molecule has 0 unspecified atom stereocenters. The van der Waals surface area contributed by atoms with Crippen LogP contribution in [-0.4, -0.2) is 42.4 Å². The van der Waals surface area contributed by atoms with Gasteiger partial charge >= 0.3 is 6.18 Å². The van der Waals surface area contributed by atoms with Crippen molar-refractivity contribution >= 4 is 17.5 Å². The molecule has 0 aromatic heterocycles. The first-order valence-corrected chi connectivity index (χ1v) is 11.7. The number of alkyl halides is 3. The van der Waals surface area contributed by atoms with Gasteiger partial charge in [-0.1, -0.05) is 36.4 Å². The number of halogens is 3. The number of rotatable bonds is 9. The van der Waals surface area contributed by atoms with Gasteiger partial charge in [-0.3, -0.25) is 14.5 Å². The van der Waals surface area contributed by atoms with Gasteiger partial charge in [0.25, 0.3) is 0 Å². The van der Waals surface area contributed by atoms with Crippen LogP contribution in [-0.2, 0) is 22.3 Å². The maximum atomic E-state index is 12.9. The minimum atomic E-state index is -4.36. The molecule has 1 fully saturated rings. The van der Waals surface area contributed by atoms with Gasteiger partial charge in [-0.05, 0) is 36.6 Å². The Bertz CT molecular complexity index is 1030. The monoisotopic (exact) mass is 486 g/mol. The maximum Gasteiger partial charge on any atom is 0.416 e. The predicted molar refractivity (Wildman–Crippen MR) is 126 cm³/mol. The standard InChI is InChI=1S/C26H29F3N4O2/c27-26(28,29)21-7-4-6-20(18-21)19-32-16-12-22(13-17-32)31-24(34)10-11-25(35)33(15-5-14-30)23-8-2-1-3-9-23/h1-4,6-9,18,22H,5,10-13,15-17,19H2,(H,31,34). The molecule has 6 nitrogen and oxygen atoms in total. The van der Waals surface area contributed by atoms with E-state index in [0.29, 0.717) is 43.7 Å². The molecule has 1 N–H and O–H groups in total. The topological polar surface area (TPSA) is 76.4 Å². The van der Waals surface area contributed by atoms with E-state index >= 15 is 0 Å². The van der Waals surface area contributed by atoms with Gasteiger partial charge in [-0.2, -0.15) is 18.4 Å². The van der Waals surface area contributed by atoms with Crippen LogP contribution in [0.15, 0.2) is 54.6 Å². The van der Waals surface area contributed by atoms with Crippen molar-refractivity contribution in [3.05, 3.63) is 65.7 Å². The Balaban J connectivity index is 1.43. The third kappa shape index (κ3) is 8.11. The molecular formula is C26H29F3N4O2. The zero-order valence-corrected chi connectivity index (χ0v) is 19.4. The summed E-state index contributed by atoms with van der Waals surface area (Å²) in [5, 5.41) is 11.9. The number of nitrogens with zero attached hydrogens (tertiary/aromatic N) is 3. The number of likely N-dealkylation sites (tertiary alicyclic amines) is 1. The molecule has 2 aromatic carbocycles. The predicted octanol–water partition coefficient (Wildman–Crippen LogP) is 4.51. The maximum absolute atomic E-state index is 12.9. The number of carbonyl (C=O) groups excluding carboxylic acids is 2. The molecule has 1 aliphatic rings. The van der Waals surface area contributed by atoms with Gasteiger partial charge in [0.1, 0.15) is 0 Å². The molecule has 0 radical (unpaired) electrons. The normalized spacial score (nSPS) is 14.8. The molecule has 1 heterocycles. The van der Waals surface area contributed by atoms with E-state index in [0.717, 1.165) is 6.07 Å². The minimum absolute atomic E-state index is 0.0285. The average molecular weight is 487 g/mol. The Labute approximate surface area is 203 Å². The average Bonchev–Trinajstić information content (AvgIpc) is 2.84. The van der Waals surface area contributed by atoms with Crippen LogP contribution in [0.2, 0.25) is 0 Å². The smallest absolute Gasteiger partial charge is 0.353 e. The van der Waals surface area contributed by atoms with Crippen LogP contribution < -0.4 is 10.2 Å². The summed E-state index contributed by atoms with van der Waals surface area (Å²) in [5.41, 5.74) is 0.659. The van der Waals surface area contributed by atoms with Gasteiger partial charge in [0.2, 0.25) is 11.8 Å². The van der Waals surface area contributed by atoms with Gasteiger partial charge in [-0.15, -0.1) is 0 Å². The summed E-state index contributed by atoms with van der Waals surface area (Å²) in [4.78, 5) is 28.8. The highest BCUT2D eigenvalue weighted by molar-refractivity contribution is 5.95. The van der Waals surface area contributed by atoms with E-state index in [1.807, 2.05) is 24.3 Å². The molecule has 35 heavy (non-hydrogen) atoms. The Kier molecular flexibility index (Phi) is 9.26. The summed E-state index contributed by atoms with van der Waals surface area (Å²) in [5.74, 6) is -0.416. The lowest BCUT2D eigenvalue weighted by molar-refractivity contribution is -0.137. The highest BCUT2D eigenvalue weighted by Crippen LogP contribution is 2.30. The van der Waals surface area contributed by atoms with Gasteiger partial charge in [0.15, 0.2) is 0 Å². The fourth-order valence-corrected chi connectivity index (χ4v) is 4.16. The van der Waals surface area contributed by atoms with Gasteiger partial charge < -0.3 is 10.2 Å². The largest absolute Gasteiger partial charge is 0.416 e. The molecule has 1 aliphatic heterocycles. The summed E-state index contributed by atoms with van der Waals surface area (Å²) >= 11 is 0. The lowest BCUT2D eigenvalue weighted by Gasteiger charge is -2.32. The molecule has 3 rings (SSSR count). The molecule has 0 spiro atoms. The van der Waals surface area contributed by atoms with E-state index in [9.17, 15) is 22.8 Å². The van der Waals surface area contributed by atoms with E-state index in [4.69, 9.17) is 5.26 Å². The van der Waals surface area contributed by atoms with Crippen LogP contribution in [0.5, 0.6) is 0 Å². The van der Waals surface area contributed by atoms with Crippen LogP contribution in [0, 0.1) is 11.3 Å². The molecule has 0 atom stereocenters. The van der Waals surface area contributed by atoms with Crippen LogP contribution in [0.3, 0.4) is 0 Å². The summed E-state index contributed by atoms with van der Waals surface area (Å²) in [6.45, 7) is 2.02. The highest BCUT2D eigenvalue weighted by atomic mass is 19.4. The Morgan fingerprint density at radius 1 is 1.06 bits per heavy atom. The van der Waals surface area contributed by atoms with E-state index in [-0.39, 0.29) is 43.7 Å². The number of nitriles is 1. The van der Waals surface area contributed by atoms with Gasteiger partial charge in [0.05, 0.1) is 18.1 Å². The first-order valence-electron chi connectivity index (χ1n) is 11.7. The van der Waals surface area contributed by atoms with Gasteiger partial charge in [0, 0.05) is 50.7 Å². The zero-order chi connectivity index (χ0) is 25.3. The van der Waals surface area contributed by atoms with Gasteiger partial charge in [-0.25, -0.2) is 0 Å². The number of hydrogen-bond acceptors (Lipinski definition) is 4. The molecular weight excluding hydrogens is 457 g/mol. The lowest BCUT2D eigenvalue weighted by Crippen LogP contribution is -2.44. The highest BCUT2D eigenvalue weighted by Gasteiger charge is 2.30. The fourth-order valence-electron chi connectivity index (χ4n) is 4.16. The van der Waals surface area contributed by atoms with Crippen molar-refractivity contribution in [2.45, 2.75) is 50.9 Å². The summed E-state index contributed by atoms with van der Waals surface area (Å²) < 4.78 is 38.8. The van der Waals surface area contributed by atoms with Crippen LogP contribution in [0.4, 0.5) is 18.9 Å². The number of benzene rings is 2. The van der Waals surface area contributed by atoms with Crippen molar-refractivity contribution in [3.8, 4) is 6.07 Å². The van der Waals surface area contributed by atoms with Crippen LogP contribution >= 0.6 is 0 Å². The van der Waals surface area contributed by atoms with Crippen LogP contribution in [0.1, 0.15) is 43.2 Å². The number of hydrogen-bond donors (Lipinski definition) is 1. The van der Waals surface area contributed by atoms with E-state index < -0.39 is 11.7 Å². The molecule has 1 saturated heterocycles. The number of piperidine rings is 1. The molecule has 2 amide bonds. The number of nitrogens with one attached hydrogen (secondary N) is 1. The number of carbonyl (C=O) groups is 2. The molecule has 186 valence electrons. The Hall–Kier alpha value is -3.38. The molecule has 0 aliphatic carbocycles. The third-order valence-electron chi connectivity index (χ3n) is 6.00. The Morgan fingerprint density at radius 3 is 2.43 bits per heavy atom. The van der Waals surface area contributed by atoms with Crippen LogP contribution in [0.25, 0.3) is 0 Å². The molecule has 0 saturated carbocycles. The second-order valence-electron chi connectivity index (χ2n) is 8.61. The van der Waals surface area contributed by atoms with Crippen molar-refractivity contribution in [3.63, 3.8) is 0 Å². The second-order valence-corrected chi connectivity index (χ2v) is 8.61. The minimum Gasteiger partial charge on any atom is -0.353 e. The third-order valence-corrected chi connectivity index (χ3v) is 6.00.